The van der Waals surface area contributed by atoms with Crippen molar-refractivity contribution in [3.05, 3.63) is 53.1 Å². The van der Waals surface area contributed by atoms with Crippen molar-refractivity contribution in [1.29, 1.82) is 0 Å². The largest absolute Gasteiger partial charge is 0.308 e. The van der Waals surface area contributed by atoms with Crippen LogP contribution in [-0.4, -0.2) is 16.8 Å². The molecule has 0 bridgehead atoms. The summed E-state index contributed by atoms with van der Waals surface area (Å²) in [6.07, 6.45) is 1.75. The molecule has 0 aliphatic carbocycles. The number of hydrogen-bond donors (Lipinski definition) is 1. The Balaban J connectivity index is 2.48. The minimum Gasteiger partial charge on any atom is -0.308 e. The van der Waals surface area contributed by atoms with Crippen molar-refractivity contribution in [2.45, 2.75) is 26.4 Å². The number of nitrogens with one attached hydrogen (secondary N) is 1. The van der Waals surface area contributed by atoms with Crippen LogP contribution in [0.1, 0.15) is 29.8 Å². The highest BCUT2D eigenvalue weighted by molar-refractivity contribution is 5.32. The number of aromatic nitrogens is 2. The van der Waals surface area contributed by atoms with Crippen LogP contribution in [0.5, 0.6) is 0 Å². The Morgan fingerprint density at radius 3 is 2.83 bits per heavy atom. The SMILES string of the molecule is CCn1nccc1C(NC)c1cc(C)ccc1F. The molecule has 4 heteroatoms. The normalized spacial score (nSPS) is 12.7. The highest BCUT2D eigenvalue weighted by Crippen LogP contribution is 2.24. The van der Waals surface area contributed by atoms with Crippen LogP contribution in [0.2, 0.25) is 0 Å². The number of hydrogen-bond acceptors (Lipinski definition) is 2. The smallest absolute Gasteiger partial charge is 0.128 e. The molecule has 0 saturated heterocycles. The van der Waals surface area contributed by atoms with E-state index < -0.39 is 0 Å². The molecule has 0 aliphatic rings. The number of rotatable bonds is 4. The molecular weight excluding hydrogens is 229 g/mol. The Morgan fingerprint density at radius 1 is 1.39 bits per heavy atom. The van der Waals surface area contributed by atoms with Crippen LogP contribution < -0.4 is 5.32 Å². The van der Waals surface area contributed by atoms with Gasteiger partial charge in [-0.25, -0.2) is 4.39 Å². The third-order valence-electron chi connectivity index (χ3n) is 3.10. The molecule has 1 unspecified atom stereocenters. The van der Waals surface area contributed by atoms with Crippen LogP contribution in [0.25, 0.3) is 0 Å². The van der Waals surface area contributed by atoms with Gasteiger partial charge in [-0.2, -0.15) is 5.10 Å². The lowest BCUT2D eigenvalue weighted by atomic mass is 10.0. The lowest BCUT2D eigenvalue weighted by Gasteiger charge is -2.19. The van der Waals surface area contributed by atoms with Crippen molar-refractivity contribution in [2.24, 2.45) is 0 Å². The van der Waals surface area contributed by atoms with Crippen molar-refractivity contribution in [3.63, 3.8) is 0 Å². The molecule has 18 heavy (non-hydrogen) atoms. The molecule has 2 aromatic rings. The first-order chi connectivity index (χ1) is 8.67. The maximum atomic E-state index is 14.0. The summed E-state index contributed by atoms with van der Waals surface area (Å²) >= 11 is 0. The molecule has 0 aliphatic heterocycles. The fourth-order valence-electron chi connectivity index (χ4n) is 2.20. The minimum atomic E-state index is -0.191. The molecule has 0 radical (unpaired) electrons. The van der Waals surface area contributed by atoms with Crippen LogP contribution in [-0.2, 0) is 6.54 Å². The monoisotopic (exact) mass is 247 g/mol. The molecule has 0 fully saturated rings. The van der Waals surface area contributed by atoms with Crippen LogP contribution in [0.4, 0.5) is 4.39 Å². The van der Waals surface area contributed by atoms with E-state index in [1.165, 1.54) is 6.07 Å². The number of halogens is 1. The number of benzene rings is 1. The second-order valence-electron chi connectivity index (χ2n) is 4.32. The molecule has 0 saturated carbocycles. The van der Waals surface area contributed by atoms with E-state index in [9.17, 15) is 4.39 Å². The molecule has 96 valence electrons. The Morgan fingerprint density at radius 2 is 2.17 bits per heavy atom. The van der Waals surface area contributed by atoms with Gasteiger partial charge in [0.1, 0.15) is 5.82 Å². The molecule has 0 amide bonds. The van der Waals surface area contributed by atoms with Crippen molar-refractivity contribution in [1.82, 2.24) is 15.1 Å². The zero-order chi connectivity index (χ0) is 13.1. The predicted molar refractivity (Wildman–Crippen MR) is 69.9 cm³/mol. The quantitative estimate of drug-likeness (QED) is 0.900. The standard InChI is InChI=1S/C14H18FN3/c1-4-18-13(7-8-17-18)14(16-3)11-9-10(2)5-6-12(11)15/h5-9,14,16H,4H2,1-3H3. The van der Waals surface area contributed by atoms with E-state index in [-0.39, 0.29) is 11.9 Å². The highest BCUT2D eigenvalue weighted by atomic mass is 19.1. The van der Waals surface area contributed by atoms with Gasteiger partial charge in [-0.3, -0.25) is 4.68 Å². The second-order valence-corrected chi connectivity index (χ2v) is 4.32. The summed E-state index contributed by atoms with van der Waals surface area (Å²) < 4.78 is 15.8. The van der Waals surface area contributed by atoms with Gasteiger partial charge in [0.15, 0.2) is 0 Å². The summed E-state index contributed by atoms with van der Waals surface area (Å²) in [6.45, 7) is 4.76. The zero-order valence-corrected chi connectivity index (χ0v) is 10.9. The summed E-state index contributed by atoms with van der Waals surface area (Å²) in [5.74, 6) is -0.191. The van der Waals surface area contributed by atoms with E-state index in [1.807, 2.05) is 37.7 Å². The minimum absolute atomic E-state index is 0.174. The van der Waals surface area contributed by atoms with Gasteiger partial charge in [-0.15, -0.1) is 0 Å². The molecular formula is C14H18FN3. The first-order valence-corrected chi connectivity index (χ1v) is 6.12. The van der Waals surface area contributed by atoms with E-state index >= 15 is 0 Å². The maximum absolute atomic E-state index is 14.0. The topological polar surface area (TPSA) is 29.9 Å². The van der Waals surface area contributed by atoms with Gasteiger partial charge in [0.25, 0.3) is 0 Å². The summed E-state index contributed by atoms with van der Waals surface area (Å²) in [4.78, 5) is 0. The van der Waals surface area contributed by atoms with E-state index in [2.05, 4.69) is 10.4 Å². The molecule has 1 N–H and O–H groups in total. The molecule has 2 rings (SSSR count). The van der Waals surface area contributed by atoms with Gasteiger partial charge in [0, 0.05) is 18.3 Å². The summed E-state index contributed by atoms with van der Waals surface area (Å²) in [5, 5.41) is 7.40. The van der Waals surface area contributed by atoms with Crippen molar-refractivity contribution < 1.29 is 4.39 Å². The van der Waals surface area contributed by atoms with Crippen LogP contribution in [0, 0.1) is 12.7 Å². The van der Waals surface area contributed by atoms with Gasteiger partial charge >= 0.3 is 0 Å². The lowest BCUT2D eigenvalue weighted by Crippen LogP contribution is -2.22. The van der Waals surface area contributed by atoms with Crippen LogP contribution in [0.15, 0.2) is 30.5 Å². The Labute approximate surface area is 107 Å². The Hall–Kier alpha value is -1.68. The van der Waals surface area contributed by atoms with E-state index in [0.717, 1.165) is 17.8 Å². The van der Waals surface area contributed by atoms with Gasteiger partial charge in [0.2, 0.25) is 0 Å². The molecule has 1 heterocycles. The Kier molecular flexibility index (Phi) is 3.77. The van der Waals surface area contributed by atoms with E-state index in [1.54, 1.807) is 12.3 Å². The fraction of sp³-hybridized carbons (Fsp3) is 0.357. The van der Waals surface area contributed by atoms with Crippen molar-refractivity contribution >= 4 is 0 Å². The average Bonchev–Trinajstić information content (AvgIpc) is 2.83. The first kappa shape index (κ1) is 12.8. The third-order valence-corrected chi connectivity index (χ3v) is 3.10. The average molecular weight is 247 g/mol. The molecule has 1 aromatic carbocycles. The summed E-state index contributed by atoms with van der Waals surface area (Å²) in [5.41, 5.74) is 2.69. The molecule has 1 aromatic heterocycles. The zero-order valence-electron chi connectivity index (χ0n) is 10.9. The molecule has 1 atom stereocenters. The van der Waals surface area contributed by atoms with E-state index in [0.29, 0.717) is 5.56 Å². The third kappa shape index (κ3) is 2.29. The van der Waals surface area contributed by atoms with Gasteiger partial charge in [0.05, 0.1) is 11.7 Å². The molecule has 3 nitrogen and oxygen atoms in total. The molecule has 0 spiro atoms. The van der Waals surface area contributed by atoms with Gasteiger partial charge in [-0.1, -0.05) is 17.7 Å². The van der Waals surface area contributed by atoms with Crippen LogP contribution in [0.3, 0.4) is 0 Å². The number of aryl methyl sites for hydroxylation is 2. The van der Waals surface area contributed by atoms with Gasteiger partial charge in [-0.05, 0) is 33.0 Å². The lowest BCUT2D eigenvalue weighted by molar-refractivity contribution is 0.532. The first-order valence-electron chi connectivity index (χ1n) is 6.12. The summed E-state index contributed by atoms with van der Waals surface area (Å²) in [7, 11) is 1.83. The second kappa shape index (κ2) is 5.31. The highest BCUT2D eigenvalue weighted by Gasteiger charge is 2.19. The number of nitrogens with zero attached hydrogens (tertiary/aromatic N) is 2. The van der Waals surface area contributed by atoms with Crippen LogP contribution >= 0.6 is 0 Å². The maximum Gasteiger partial charge on any atom is 0.128 e. The summed E-state index contributed by atoms with van der Waals surface area (Å²) in [6, 6.07) is 6.92. The fourth-order valence-corrected chi connectivity index (χ4v) is 2.20. The van der Waals surface area contributed by atoms with Gasteiger partial charge < -0.3 is 5.32 Å². The Bertz CT molecular complexity index is 534. The predicted octanol–water partition coefficient (Wildman–Crippen LogP) is 2.66. The van der Waals surface area contributed by atoms with Crippen molar-refractivity contribution in [3.8, 4) is 0 Å². The van der Waals surface area contributed by atoms with E-state index in [4.69, 9.17) is 0 Å². The van der Waals surface area contributed by atoms with Crippen molar-refractivity contribution in [2.75, 3.05) is 7.05 Å².